The zero-order valence-corrected chi connectivity index (χ0v) is 11.5. The first-order valence-electron chi connectivity index (χ1n) is 5.85. The number of aryl methyl sites for hydroxylation is 2. The van der Waals surface area contributed by atoms with Crippen LogP contribution < -0.4 is 5.32 Å². The lowest BCUT2D eigenvalue weighted by Crippen LogP contribution is -2.23. The number of nitrogens with one attached hydrogen (secondary N) is 1. The van der Waals surface area contributed by atoms with Crippen LogP contribution in [0, 0.1) is 6.92 Å². The van der Waals surface area contributed by atoms with E-state index in [2.05, 4.69) is 44.0 Å². The first-order chi connectivity index (χ1) is 7.72. The molecule has 2 heterocycles. The summed E-state index contributed by atoms with van der Waals surface area (Å²) in [7, 11) is 0. The quantitative estimate of drug-likeness (QED) is 0.905. The van der Waals surface area contributed by atoms with Gasteiger partial charge in [0.1, 0.15) is 0 Å². The van der Waals surface area contributed by atoms with Gasteiger partial charge in [0, 0.05) is 13.1 Å². The van der Waals surface area contributed by atoms with Gasteiger partial charge in [-0.3, -0.25) is 4.68 Å². The molecule has 1 aliphatic heterocycles. The second-order valence-electron chi connectivity index (χ2n) is 4.18. The van der Waals surface area contributed by atoms with Crippen LogP contribution in [0.4, 0.5) is 0 Å². The lowest BCUT2D eigenvalue weighted by atomic mass is 10.1. The van der Waals surface area contributed by atoms with E-state index in [0.29, 0.717) is 0 Å². The molecular weight excluding hydrogens is 266 g/mol. The van der Waals surface area contributed by atoms with E-state index in [4.69, 9.17) is 0 Å². The van der Waals surface area contributed by atoms with Gasteiger partial charge >= 0.3 is 0 Å². The Morgan fingerprint density at radius 1 is 1.56 bits per heavy atom. The van der Waals surface area contributed by atoms with Crippen LogP contribution in [-0.4, -0.2) is 22.9 Å². The van der Waals surface area contributed by atoms with Crippen molar-refractivity contribution in [2.24, 2.45) is 0 Å². The molecule has 1 aliphatic rings. The van der Waals surface area contributed by atoms with Crippen LogP contribution >= 0.6 is 15.9 Å². The summed E-state index contributed by atoms with van der Waals surface area (Å²) in [5.41, 5.74) is 3.75. The summed E-state index contributed by atoms with van der Waals surface area (Å²) in [4.78, 5) is 0. The van der Waals surface area contributed by atoms with Crippen LogP contribution in [0.15, 0.2) is 10.0 Å². The largest absolute Gasteiger partial charge is 0.313 e. The Labute approximate surface area is 105 Å². The number of aromatic nitrogens is 2. The van der Waals surface area contributed by atoms with Gasteiger partial charge in [-0.1, -0.05) is 5.57 Å². The molecule has 16 heavy (non-hydrogen) atoms. The average molecular weight is 284 g/mol. The highest BCUT2D eigenvalue weighted by molar-refractivity contribution is 9.10. The normalized spacial score (nSPS) is 19.3. The number of hydrogen-bond donors (Lipinski definition) is 1. The van der Waals surface area contributed by atoms with Crippen molar-refractivity contribution in [3.05, 3.63) is 21.4 Å². The molecule has 2 rings (SSSR count). The maximum absolute atomic E-state index is 4.50. The molecule has 0 amide bonds. The van der Waals surface area contributed by atoms with Crippen molar-refractivity contribution in [2.45, 2.75) is 33.2 Å². The second-order valence-corrected chi connectivity index (χ2v) is 4.98. The molecule has 0 aromatic carbocycles. The SMILES string of the molecule is CCn1nc(C)c(Br)c1C=C1CCCNC1. The molecule has 0 aliphatic carbocycles. The Balaban J connectivity index is 2.31. The van der Waals surface area contributed by atoms with Gasteiger partial charge in [0.15, 0.2) is 0 Å². The summed E-state index contributed by atoms with van der Waals surface area (Å²) in [5, 5.41) is 7.90. The molecule has 0 spiro atoms. The molecule has 0 bridgehead atoms. The molecule has 1 aromatic heterocycles. The van der Waals surface area contributed by atoms with Gasteiger partial charge < -0.3 is 5.32 Å². The third kappa shape index (κ3) is 2.38. The Morgan fingerprint density at radius 2 is 2.38 bits per heavy atom. The number of piperidine rings is 1. The lowest BCUT2D eigenvalue weighted by Gasteiger charge is -2.15. The minimum Gasteiger partial charge on any atom is -0.313 e. The van der Waals surface area contributed by atoms with E-state index in [0.717, 1.165) is 29.8 Å². The van der Waals surface area contributed by atoms with Crippen LogP contribution in [0.3, 0.4) is 0 Å². The minimum atomic E-state index is 0.916. The summed E-state index contributed by atoms with van der Waals surface area (Å²) in [5.74, 6) is 0. The summed E-state index contributed by atoms with van der Waals surface area (Å²) >= 11 is 3.62. The van der Waals surface area contributed by atoms with Gasteiger partial charge in [-0.2, -0.15) is 5.10 Å². The predicted molar refractivity (Wildman–Crippen MR) is 70.4 cm³/mol. The summed E-state index contributed by atoms with van der Waals surface area (Å²) < 4.78 is 3.19. The highest BCUT2D eigenvalue weighted by atomic mass is 79.9. The third-order valence-electron chi connectivity index (χ3n) is 2.94. The molecule has 0 unspecified atom stereocenters. The van der Waals surface area contributed by atoms with Gasteiger partial charge in [0.2, 0.25) is 0 Å². The Morgan fingerprint density at radius 3 is 3.00 bits per heavy atom. The monoisotopic (exact) mass is 283 g/mol. The lowest BCUT2D eigenvalue weighted by molar-refractivity contribution is 0.610. The van der Waals surface area contributed by atoms with Crippen LogP contribution in [0.5, 0.6) is 0 Å². The van der Waals surface area contributed by atoms with E-state index < -0.39 is 0 Å². The number of halogens is 1. The highest BCUT2D eigenvalue weighted by Gasteiger charge is 2.12. The summed E-state index contributed by atoms with van der Waals surface area (Å²) in [6.07, 6.45) is 4.72. The average Bonchev–Trinajstić information content (AvgIpc) is 2.58. The number of hydrogen-bond acceptors (Lipinski definition) is 2. The maximum atomic E-state index is 4.50. The van der Waals surface area contributed by atoms with E-state index in [1.165, 1.54) is 24.1 Å². The topological polar surface area (TPSA) is 29.9 Å². The molecule has 0 saturated carbocycles. The smallest absolute Gasteiger partial charge is 0.0755 e. The Hall–Kier alpha value is -0.610. The maximum Gasteiger partial charge on any atom is 0.0755 e. The van der Waals surface area contributed by atoms with E-state index in [1.807, 2.05) is 6.92 Å². The van der Waals surface area contributed by atoms with Gasteiger partial charge in [-0.05, 0) is 55.2 Å². The van der Waals surface area contributed by atoms with Gasteiger partial charge in [-0.15, -0.1) is 0 Å². The molecule has 4 heteroatoms. The Bertz CT molecular complexity index is 399. The molecule has 1 aromatic rings. The zero-order chi connectivity index (χ0) is 11.5. The van der Waals surface area contributed by atoms with Crippen molar-refractivity contribution in [1.82, 2.24) is 15.1 Å². The van der Waals surface area contributed by atoms with Crippen LogP contribution in [-0.2, 0) is 6.54 Å². The standard InChI is InChI=1S/C12H18BrN3/c1-3-16-11(12(13)9(2)15-16)7-10-5-4-6-14-8-10/h7,14H,3-6,8H2,1-2H3. The minimum absolute atomic E-state index is 0.916. The molecule has 3 nitrogen and oxygen atoms in total. The van der Waals surface area contributed by atoms with E-state index >= 15 is 0 Å². The third-order valence-corrected chi connectivity index (χ3v) is 3.92. The molecule has 1 N–H and O–H groups in total. The first kappa shape index (κ1) is 11.9. The number of rotatable bonds is 2. The van der Waals surface area contributed by atoms with Gasteiger partial charge in [-0.25, -0.2) is 0 Å². The van der Waals surface area contributed by atoms with Crippen LogP contribution in [0.2, 0.25) is 0 Å². The van der Waals surface area contributed by atoms with Crippen molar-refractivity contribution in [2.75, 3.05) is 13.1 Å². The zero-order valence-electron chi connectivity index (χ0n) is 9.89. The molecule has 1 saturated heterocycles. The fourth-order valence-corrected chi connectivity index (χ4v) is 2.45. The van der Waals surface area contributed by atoms with Crippen molar-refractivity contribution in [3.63, 3.8) is 0 Å². The first-order valence-corrected chi connectivity index (χ1v) is 6.64. The predicted octanol–water partition coefficient (Wildman–Crippen LogP) is 2.74. The van der Waals surface area contributed by atoms with Crippen molar-refractivity contribution < 1.29 is 0 Å². The summed E-state index contributed by atoms with van der Waals surface area (Å²) in [6.45, 7) is 7.24. The van der Waals surface area contributed by atoms with Crippen molar-refractivity contribution in [1.29, 1.82) is 0 Å². The van der Waals surface area contributed by atoms with Crippen LogP contribution in [0.25, 0.3) is 6.08 Å². The van der Waals surface area contributed by atoms with Crippen LogP contribution in [0.1, 0.15) is 31.2 Å². The molecule has 1 fully saturated rings. The second kappa shape index (κ2) is 5.15. The number of nitrogens with zero attached hydrogens (tertiary/aromatic N) is 2. The molecular formula is C12H18BrN3. The van der Waals surface area contributed by atoms with Crippen molar-refractivity contribution >= 4 is 22.0 Å². The molecule has 0 atom stereocenters. The highest BCUT2D eigenvalue weighted by Crippen LogP contribution is 2.24. The fraction of sp³-hybridized carbons (Fsp3) is 0.583. The van der Waals surface area contributed by atoms with E-state index in [-0.39, 0.29) is 0 Å². The molecule has 0 radical (unpaired) electrons. The van der Waals surface area contributed by atoms with Gasteiger partial charge in [0.25, 0.3) is 0 Å². The van der Waals surface area contributed by atoms with Crippen molar-refractivity contribution in [3.8, 4) is 0 Å². The fourth-order valence-electron chi connectivity index (χ4n) is 2.05. The molecule has 88 valence electrons. The van der Waals surface area contributed by atoms with E-state index in [9.17, 15) is 0 Å². The van der Waals surface area contributed by atoms with Gasteiger partial charge in [0.05, 0.1) is 15.9 Å². The Kier molecular flexibility index (Phi) is 3.82. The summed E-state index contributed by atoms with van der Waals surface area (Å²) in [6, 6.07) is 0. The van der Waals surface area contributed by atoms with E-state index in [1.54, 1.807) is 0 Å².